The van der Waals surface area contributed by atoms with Crippen LogP contribution in [0, 0.1) is 0 Å². The smallest absolute Gasteiger partial charge is 0.435 e. The largest absolute Gasteiger partial charge is 0.497 e. The molecule has 0 radical (unpaired) electrons. The number of carbonyl (C=O) groups excluding carboxylic acids is 1. The molecule has 6 heteroatoms. The van der Waals surface area contributed by atoms with E-state index in [9.17, 15) is 4.79 Å². The Kier molecular flexibility index (Phi) is 4.27. The minimum Gasteiger partial charge on any atom is -0.497 e. The number of nitrogens with zero attached hydrogens (tertiary/aromatic N) is 3. The third-order valence-corrected chi connectivity index (χ3v) is 3.74. The highest BCUT2D eigenvalue weighted by Crippen LogP contribution is 2.20. The Morgan fingerprint density at radius 1 is 1.09 bits per heavy atom. The lowest BCUT2D eigenvalue weighted by molar-refractivity contribution is 0.0733. The number of ether oxygens (including phenoxy) is 1. The Hall–Kier alpha value is -2.50. The molecule has 1 fully saturated rings. The maximum Gasteiger partial charge on any atom is 0.435 e. The molecule has 1 aliphatic rings. The van der Waals surface area contributed by atoms with E-state index in [-0.39, 0.29) is 6.09 Å². The number of carbonyl (C=O) groups is 1. The SMILES string of the molecule is COc1ccc(-c2ccn(OC(=O)N3CCCCC3)n2)cc1. The molecule has 0 atom stereocenters. The fraction of sp³-hybridized carbons (Fsp3) is 0.375. The van der Waals surface area contributed by atoms with Gasteiger partial charge in [0.25, 0.3) is 0 Å². The number of hydrogen-bond acceptors (Lipinski definition) is 4. The highest BCUT2D eigenvalue weighted by atomic mass is 16.7. The molecule has 1 amide bonds. The zero-order valence-corrected chi connectivity index (χ0v) is 12.6. The van der Waals surface area contributed by atoms with Crippen LogP contribution >= 0.6 is 0 Å². The van der Waals surface area contributed by atoms with E-state index in [0.29, 0.717) is 0 Å². The first-order valence-corrected chi connectivity index (χ1v) is 7.43. The first-order valence-electron chi connectivity index (χ1n) is 7.43. The van der Waals surface area contributed by atoms with Gasteiger partial charge >= 0.3 is 6.09 Å². The van der Waals surface area contributed by atoms with Gasteiger partial charge in [0.1, 0.15) is 5.75 Å². The van der Waals surface area contributed by atoms with E-state index >= 15 is 0 Å². The van der Waals surface area contributed by atoms with Crippen molar-refractivity contribution in [3.05, 3.63) is 36.5 Å². The first kappa shape index (κ1) is 14.4. The highest BCUT2D eigenvalue weighted by Gasteiger charge is 2.19. The van der Waals surface area contributed by atoms with Crippen molar-refractivity contribution in [2.75, 3.05) is 20.2 Å². The zero-order valence-electron chi connectivity index (χ0n) is 12.6. The van der Waals surface area contributed by atoms with Crippen molar-refractivity contribution in [2.45, 2.75) is 19.3 Å². The van der Waals surface area contributed by atoms with Crippen molar-refractivity contribution < 1.29 is 14.4 Å². The predicted octanol–water partition coefficient (Wildman–Crippen LogP) is 2.59. The van der Waals surface area contributed by atoms with Crippen LogP contribution in [0.15, 0.2) is 36.5 Å². The van der Waals surface area contributed by atoms with Crippen LogP contribution in [0.5, 0.6) is 5.75 Å². The monoisotopic (exact) mass is 301 g/mol. The van der Waals surface area contributed by atoms with Crippen LogP contribution in [0.3, 0.4) is 0 Å². The summed E-state index contributed by atoms with van der Waals surface area (Å²) < 4.78 is 5.13. The first-order chi connectivity index (χ1) is 10.8. The van der Waals surface area contributed by atoms with Crippen molar-refractivity contribution in [2.24, 2.45) is 0 Å². The molecule has 0 N–H and O–H groups in total. The molecular formula is C16H19N3O3. The lowest BCUT2D eigenvalue weighted by Gasteiger charge is -2.25. The van der Waals surface area contributed by atoms with Crippen LogP contribution in [-0.4, -0.2) is 41.1 Å². The molecule has 1 saturated heterocycles. The van der Waals surface area contributed by atoms with Gasteiger partial charge in [-0.15, -0.1) is 5.10 Å². The van der Waals surface area contributed by atoms with Gasteiger partial charge in [0.05, 0.1) is 19.0 Å². The highest BCUT2D eigenvalue weighted by molar-refractivity contribution is 5.68. The lowest BCUT2D eigenvalue weighted by atomic mass is 10.1. The van der Waals surface area contributed by atoms with Crippen molar-refractivity contribution in [1.29, 1.82) is 0 Å². The number of rotatable bonds is 3. The molecule has 0 saturated carbocycles. The van der Waals surface area contributed by atoms with Gasteiger partial charge in [0, 0.05) is 18.7 Å². The summed E-state index contributed by atoms with van der Waals surface area (Å²) in [5.74, 6) is 0.791. The van der Waals surface area contributed by atoms with E-state index in [1.54, 1.807) is 18.2 Å². The van der Waals surface area contributed by atoms with Crippen molar-refractivity contribution in [3.8, 4) is 17.0 Å². The number of likely N-dealkylation sites (tertiary alicyclic amines) is 1. The molecule has 0 aliphatic carbocycles. The number of amides is 1. The third-order valence-electron chi connectivity index (χ3n) is 3.74. The minimum absolute atomic E-state index is 0.343. The quantitative estimate of drug-likeness (QED) is 0.874. The molecule has 1 aromatic carbocycles. The summed E-state index contributed by atoms with van der Waals surface area (Å²) in [4.78, 5) is 20.2. The van der Waals surface area contributed by atoms with Crippen LogP contribution in [0.25, 0.3) is 11.3 Å². The fourth-order valence-electron chi connectivity index (χ4n) is 2.49. The summed E-state index contributed by atoms with van der Waals surface area (Å²) in [6.45, 7) is 1.51. The minimum atomic E-state index is -0.343. The van der Waals surface area contributed by atoms with Crippen LogP contribution in [0.2, 0.25) is 0 Å². The average Bonchev–Trinajstić information content (AvgIpc) is 3.04. The van der Waals surface area contributed by atoms with Gasteiger partial charge in [-0.3, -0.25) is 4.84 Å². The molecule has 2 aromatic rings. The molecular weight excluding hydrogens is 282 g/mol. The van der Waals surface area contributed by atoms with Crippen LogP contribution in [0.1, 0.15) is 19.3 Å². The van der Waals surface area contributed by atoms with E-state index in [2.05, 4.69) is 5.10 Å². The summed E-state index contributed by atoms with van der Waals surface area (Å²) in [5.41, 5.74) is 1.68. The number of benzene rings is 1. The average molecular weight is 301 g/mol. The number of methoxy groups -OCH3 is 1. The van der Waals surface area contributed by atoms with Gasteiger partial charge in [-0.2, -0.15) is 0 Å². The van der Waals surface area contributed by atoms with E-state index in [0.717, 1.165) is 42.9 Å². The maximum absolute atomic E-state index is 12.0. The van der Waals surface area contributed by atoms with Gasteiger partial charge in [-0.05, 0) is 49.6 Å². The molecule has 0 bridgehead atoms. The van der Waals surface area contributed by atoms with E-state index in [1.807, 2.05) is 30.3 Å². The maximum atomic E-state index is 12.0. The van der Waals surface area contributed by atoms with Gasteiger partial charge in [0.2, 0.25) is 0 Å². The molecule has 1 aromatic heterocycles. The van der Waals surface area contributed by atoms with E-state index in [1.165, 1.54) is 11.3 Å². The van der Waals surface area contributed by atoms with E-state index in [4.69, 9.17) is 9.57 Å². The summed E-state index contributed by atoms with van der Waals surface area (Å²) >= 11 is 0. The Balaban J connectivity index is 1.66. The standard InChI is InChI=1S/C16H19N3O3/c1-21-14-7-5-13(6-8-14)15-9-12-19(17-15)22-16(20)18-10-3-2-4-11-18/h5-9,12H,2-4,10-11H2,1H3. The Morgan fingerprint density at radius 2 is 1.82 bits per heavy atom. The summed E-state index contributed by atoms with van der Waals surface area (Å²) in [5, 5.41) is 4.28. The molecule has 1 aliphatic heterocycles. The molecule has 6 nitrogen and oxygen atoms in total. The van der Waals surface area contributed by atoms with Crippen molar-refractivity contribution in [3.63, 3.8) is 0 Å². The summed E-state index contributed by atoms with van der Waals surface area (Å²) in [6, 6.07) is 9.38. The van der Waals surface area contributed by atoms with Crippen molar-refractivity contribution in [1.82, 2.24) is 14.8 Å². The second-order valence-corrected chi connectivity index (χ2v) is 5.24. The second kappa shape index (κ2) is 6.51. The van der Waals surface area contributed by atoms with Crippen molar-refractivity contribution >= 4 is 6.09 Å². The normalized spacial score (nSPS) is 14.7. The molecule has 2 heterocycles. The Bertz CT molecular complexity index is 630. The Morgan fingerprint density at radius 3 is 2.50 bits per heavy atom. The van der Waals surface area contributed by atoms with Gasteiger partial charge < -0.3 is 9.64 Å². The lowest BCUT2D eigenvalue weighted by Crippen LogP contribution is -2.40. The number of aromatic nitrogens is 2. The molecule has 22 heavy (non-hydrogen) atoms. The molecule has 116 valence electrons. The van der Waals surface area contributed by atoms with Gasteiger partial charge in [-0.25, -0.2) is 4.79 Å². The zero-order chi connectivity index (χ0) is 15.4. The number of hydrogen-bond donors (Lipinski definition) is 0. The van der Waals surface area contributed by atoms with Crippen LogP contribution < -0.4 is 9.57 Å². The van der Waals surface area contributed by atoms with Gasteiger partial charge in [0.15, 0.2) is 0 Å². The summed E-state index contributed by atoms with van der Waals surface area (Å²) in [6.07, 6.45) is 4.54. The molecule has 0 spiro atoms. The predicted molar refractivity (Wildman–Crippen MR) is 81.6 cm³/mol. The topological polar surface area (TPSA) is 56.6 Å². The summed E-state index contributed by atoms with van der Waals surface area (Å²) in [7, 11) is 1.63. The van der Waals surface area contributed by atoms with Crippen LogP contribution in [0.4, 0.5) is 4.79 Å². The second-order valence-electron chi connectivity index (χ2n) is 5.24. The van der Waals surface area contributed by atoms with Gasteiger partial charge in [-0.1, -0.05) is 4.85 Å². The third kappa shape index (κ3) is 3.21. The number of piperidine rings is 1. The fourth-order valence-corrected chi connectivity index (χ4v) is 2.49. The van der Waals surface area contributed by atoms with Crippen LogP contribution in [-0.2, 0) is 0 Å². The van der Waals surface area contributed by atoms with E-state index < -0.39 is 0 Å². The molecule has 0 unspecified atom stereocenters. The Labute approximate surface area is 129 Å². The molecule has 3 rings (SSSR count).